The highest BCUT2D eigenvalue weighted by Crippen LogP contribution is 2.32. The largest absolute Gasteiger partial charge is 0.478 e. The number of halogens is 2. The minimum atomic E-state index is -1.04. The van der Waals surface area contributed by atoms with E-state index in [-0.39, 0.29) is 5.56 Å². The highest BCUT2D eigenvalue weighted by molar-refractivity contribution is 5.93. The number of aromatic carboxylic acids is 1. The van der Waals surface area contributed by atoms with Gasteiger partial charge in [0.05, 0.1) is 16.6 Å². The minimum absolute atomic E-state index is 0.125. The fourth-order valence-electron chi connectivity index (χ4n) is 3.16. The highest BCUT2D eigenvalue weighted by atomic mass is 19.2. The lowest BCUT2D eigenvalue weighted by molar-refractivity contribution is 0.0697. The van der Waals surface area contributed by atoms with Gasteiger partial charge in [0.1, 0.15) is 5.69 Å². The fraction of sp³-hybridized carbons (Fsp3) is 0.211. The Morgan fingerprint density at radius 1 is 0.962 bits per heavy atom. The lowest BCUT2D eigenvalue weighted by Gasteiger charge is -2.20. The Kier molecular flexibility index (Phi) is 3.99. The molecule has 0 spiro atoms. The number of carboxylic acids is 1. The van der Waals surface area contributed by atoms with Gasteiger partial charge >= 0.3 is 5.97 Å². The van der Waals surface area contributed by atoms with E-state index in [4.69, 9.17) is 0 Å². The molecule has 0 atom stereocenters. The Balaban J connectivity index is 1.94. The molecule has 1 aliphatic heterocycles. The molecule has 0 aliphatic carbocycles. The normalized spacial score (nSPS) is 14.2. The average Bonchev–Trinajstić information content (AvgIpc) is 3.17. The van der Waals surface area contributed by atoms with E-state index in [1.54, 1.807) is 6.07 Å². The Morgan fingerprint density at radius 2 is 1.73 bits per heavy atom. The molecule has 5 nitrogen and oxygen atoms in total. The summed E-state index contributed by atoms with van der Waals surface area (Å²) in [5.41, 5.74) is 1.97. The third-order valence-electron chi connectivity index (χ3n) is 4.49. The Morgan fingerprint density at radius 3 is 2.42 bits per heavy atom. The number of aromatic nitrogens is 2. The topological polar surface area (TPSA) is 66.3 Å². The van der Waals surface area contributed by atoms with Gasteiger partial charge in [0.15, 0.2) is 17.5 Å². The minimum Gasteiger partial charge on any atom is -0.478 e. The van der Waals surface area contributed by atoms with Gasteiger partial charge in [-0.3, -0.25) is 0 Å². The smallest absolute Gasteiger partial charge is 0.335 e. The van der Waals surface area contributed by atoms with Crippen molar-refractivity contribution < 1.29 is 18.7 Å². The molecule has 7 heteroatoms. The Bertz CT molecular complexity index is 1020. The van der Waals surface area contributed by atoms with E-state index in [1.165, 1.54) is 18.2 Å². The summed E-state index contributed by atoms with van der Waals surface area (Å²) in [6.07, 6.45) is 2.01. The van der Waals surface area contributed by atoms with Gasteiger partial charge in [-0.1, -0.05) is 0 Å². The number of carboxylic acid groups (broad SMARTS) is 1. The third kappa shape index (κ3) is 2.85. The van der Waals surface area contributed by atoms with Crippen molar-refractivity contribution in [3.8, 4) is 11.3 Å². The van der Waals surface area contributed by atoms with E-state index < -0.39 is 17.6 Å². The van der Waals surface area contributed by atoms with Crippen LogP contribution in [0.1, 0.15) is 23.2 Å². The molecule has 1 N–H and O–H groups in total. The summed E-state index contributed by atoms with van der Waals surface area (Å²) in [5.74, 6) is -2.35. The number of benzene rings is 2. The molecule has 4 rings (SSSR count). The van der Waals surface area contributed by atoms with Crippen molar-refractivity contribution in [3.05, 3.63) is 53.6 Å². The first-order chi connectivity index (χ1) is 12.5. The van der Waals surface area contributed by atoms with Gasteiger partial charge in [-0.2, -0.15) is 0 Å². The summed E-state index contributed by atoms with van der Waals surface area (Å²) >= 11 is 0. The van der Waals surface area contributed by atoms with E-state index in [9.17, 15) is 18.7 Å². The summed E-state index contributed by atoms with van der Waals surface area (Å²) in [5, 5.41) is 9.18. The van der Waals surface area contributed by atoms with Crippen LogP contribution in [-0.2, 0) is 0 Å². The van der Waals surface area contributed by atoms with Crippen molar-refractivity contribution in [2.75, 3.05) is 18.0 Å². The maximum Gasteiger partial charge on any atom is 0.335 e. The molecule has 26 heavy (non-hydrogen) atoms. The summed E-state index contributed by atoms with van der Waals surface area (Å²) in [6.45, 7) is 1.57. The molecule has 2 aromatic carbocycles. The predicted octanol–water partition coefficient (Wildman–Crippen LogP) is 3.87. The molecule has 1 saturated heterocycles. The number of fused-ring (bicyclic) bond motifs is 1. The van der Waals surface area contributed by atoms with E-state index in [2.05, 4.69) is 9.97 Å². The summed E-state index contributed by atoms with van der Waals surface area (Å²) in [6, 6.07) is 8.14. The molecule has 1 fully saturated rings. The van der Waals surface area contributed by atoms with Crippen molar-refractivity contribution in [1.29, 1.82) is 0 Å². The van der Waals surface area contributed by atoms with Gasteiger partial charge in [-0.05, 0) is 49.2 Å². The fourth-order valence-corrected chi connectivity index (χ4v) is 3.16. The van der Waals surface area contributed by atoms with Crippen molar-refractivity contribution in [2.24, 2.45) is 0 Å². The van der Waals surface area contributed by atoms with Crippen molar-refractivity contribution >= 4 is 22.8 Å². The number of rotatable bonds is 3. The molecule has 1 aliphatic rings. The molecule has 0 unspecified atom stereocenters. The van der Waals surface area contributed by atoms with Crippen LogP contribution in [-0.4, -0.2) is 34.1 Å². The van der Waals surface area contributed by atoms with Crippen molar-refractivity contribution in [3.63, 3.8) is 0 Å². The molecule has 0 bridgehead atoms. The van der Waals surface area contributed by atoms with Crippen molar-refractivity contribution in [2.45, 2.75) is 12.8 Å². The van der Waals surface area contributed by atoms with E-state index in [0.29, 0.717) is 28.1 Å². The number of anilines is 1. The summed E-state index contributed by atoms with van der Waals surface area (Å²) < 4.78 is 27.0. The molecular formula is C19H15F2N3O2. The highest BCUT2D eigenvalue weighted by Gasteiger charge is 2.21. The molecular weight excluding hydrogens is 340 g/mol. The van der Waals surface area contributed by atoms with Gasteiger partial charge in [0.2, 0.25) is 0 Å². The first-order valence-corrected chi connectivity index (χ1v) is 8.28. The quantitative estimate of drug-likeness (QED) is 0.772. The number of hydrogen-bond donors (Lipinski definition) is 1. The first-order valence-electron chi connectivity index (χ1n) is 8.28. The second-order valence-corrected chi connectivity index (χ2v) is 6.23. The monoisotopic (exact) mass is 355 g/mol. The first kappa shape index (κ1) is 16.4. The van der Waals surface area contributed by atoms with E-state index >= 15 is 0 Å². The van der Waals surface area contributed by atoms with Crippen LogP contribution in [0.25, 0.3) is 22.3 Å². The molecule has 2 heterocycles. The van der Waals surface area contributed by atoms with Crippen LogP contribution in [0, 0.1) is 11.6 Å². The maximum atomic E-state index is 13.7. The lowest BCUT2D eigenvalue weighted by Crippen LogP contribution is -2.20. The van der Waals surface area contributed by atoms with Crippen LogP contribution in [0.2, 0.25) is 0 Å². The molecule has 0 saturated carbocycles. The molecule has 1 aromatic heterocycles. The van der Waals surface area contributed by atoms with Crippen LogP contribution in [0.4, 0.5) is 14.6 Å². The van der Waals surface area contributed by atoms with Gasteiger partial charge in [-0.25, -0.2) is 23.5 Å². The van der Waals surface area contributed by atoms with Crippen LogP contribution in [0.3, 0.4) is 0 Å². The van der Waals surface area contributed by atoms with Gasteiger partial charge in [0, 0.05) is 18.7 Å². The standard InChI is InChI=1S/C19H15F2N3O2/c20-13-5-3-11(9-14(13)21)17-18(24-7-1-2-8-24)23-16-10-12(19(25)26)4-6-15(16)22-17/h3-6,9-10H,1-2,7-8H2,(H,25,26). The molecule has 0 radical (unpaired) electrons. The summed E-state index contributed by atoms with van der Waals surface area (Å²) in [4.78, 5) is 22.4. The van der Waals surface area contributed by atoms with Crippen LogP contribution in [0.5, 0.6) is 0 Å². The zero-order chi connectivity index (χ0) is 18.3. The Hall–Kier alpha value is -3.09. The molecule has 0 amide bonds. The Labute approximate surface area is 147 Å². The number of carbonyl (C=O) groups is 1. The predicted molar refractivity (Wildman–Crippen MR) is 93.3 cm³/mol. The van der Waals surface area contributed by atoms with Crippen LogP contribution < -0.4 is 4.90 Å². The zero-order valence-corrected chi connectivity index (χ0v) is 13.7. The number of nitrogens with zero attached hydrogens (tertiary/aromatic N) is 3. The van der Waals surface area contributed by atoms with Gasteiger partial charge < -0.3 is 10.0 Å². The molecule has 3 aromatic rings. The average molecular weight is 355 g/mol. The molecule has 132 valence electrons. The lowest BCUT2D eigenvalue weighted by atomic mass is 10.1. The zero-order valence-electron chi connectivity index (χ0n) is 13.7. The van der Waals surface area contributed by atoms with Gasteiger partial charge in [-0.15, -0.1) is 0 Å². The second kappa shape index (κ2) is 6.33. The van der Waals surface area contributed by atoms with E-state index in [0.717, 1.165) is 38.1 Å². The van der Waals surface area contributed by atoms with Crippen molar-refractivity contribution in [1.82, 2.24) is 9.97 Å². The van der Waals surface area contributed by atoms with E-state index in [1.807, 2.05) is 4.90 Å². The number of hydrogen-bond acceptors (Lipinski definition) is 4. The third-order valence-corrected chi connectivity index (χ3v) is 4.49. The van der Waals surface area contributed by atoms with Gasteiger partial charge in [0.25, 0.3) is 0 Å². The van der Waals surface area contributed by atoms with Crippen LogP contribution >= 0.6 is 0 Å². The maximum absolute atomic E-state index is 13.7. The summed E-state index contributed by atoms with van der Waals surface area (Å²) in [7, 11) is 0. The SMILES string of the molecule is O=C(O)c1ccc2nc(-c3ccc(F)c(F)c3)c(N3CCCC3)nc2c1. The van der Waals surface area contributed by atoms with Crippen LogP contribution in [0.15, 0.2) is 36.4 Å². The second-order valence-electron chi connectivity index (χ2n) is 6.23.